The molecule has 0 radical (unpaired) electrons. The molecule has 1 fully saturated rings. The molecule has 1 aromatic rings. The van der Waals surface area contributed by atoms with E-state index in [-0.39, 0.29) is 18.4 Å². The van der Waals surface area contributed by atoms with Gasteiger partial charge in [-0.3, -0.25) is 9.59 Å². The van der Waals surface area contributed by atoms with Gasteiger partial charge in [-0.25, -0.2) is 9.69 Å². The van der Waals surface area contributed by atoms with Crippen molar-refractivity contribution in [3.63, 3.8) is 0 Å². The van der Waals surface area contributed by atoms with E-state index in [1.54, 1.807) is 24.3 Å². The highest BCUT2D eigenvalue weighted by Gasteiger charge is 2.29. The Labute approximate surface area is 97.6 Å². The summed E-state index contributed by atoms with van der Waals surface area (Å²) in [4.78, 5) is 34.7. The molecule has 4 amide bonds. The van der Waals surface area contributed by atoms with Crippen molar-refractivity contribution in [2.45, 2.75) is 6.92 Å². The first-order chi connectivity index (χ1) is 8.08. The molecule has 88 valence electrons. The number of rotatable bonds is 2. The summed E-state index contributed by atoms with van der Waals surface area (Å²) < 4.78 is 0. The molecule has 1 aromatic carbocycles. The number of benzene rings is 1. The molecule has 6 nitrogen and oxygen atoms in total. The number of hydrogen-bond acceptors (Lipinski definition) is 3. The van der Waals surface area contributed by atoms with Gasteiger partial charge in [0.1, 0.15) is 0 Å². The molecule has 6 heteroatoms. The second kappa shape index (κ2) is 4.25. The maximum atomic E-state index is 11.4. The third kappa shape index (κ3) is 2.25. The highest BCUT2D eigenvalue weighted by atomic mass is 16.2. The van der Waals surface area contributed by atoms with E-state index in [2.05, 4.69) is 10.6 Å². The molecule has 1 saturated heterocycles. The molecule has 0 bridgehead atoms. The molecule has 0 spiro atoms. The summed E-state index contributed by atoms with van der Waals surface area (Å²) in [5.74, 6) is -0.463. The summed E-state index contributed by atoms with van der Waals surface area (Å²) in [6.07, 6.45) is 0. The van der Waals surface area contributed by atoms with Crippen LogP contribution in [-0.4, -0.2) is 24.4 Å². The highest BCUT2D eigenvalue weighted by Crippen LogP contribution is 2.19. The van der Waals surface area contributed by atoms with Crippen LogP contribution in [0.15, 0.2) is 24.3 Å². The largest absolute Gasteiger partial charge is 0.329 e. The van der Waals surface area contributed by atoms with Crippen molar-refractivity contribution in [2.24, 2.45) is 0 Å². The molecule has 17 heavy (non-hydrogen) atoms. The van der Waals surface area contributed by atoms with E-state index in [1.807, 2.05) is 0 Å². The highest BCUT2D eigenvalue weighted by molar-refractivity contribution is 6.19. The fourth-order valence-corrected chi connectivity index (χ4v) is 1.58. The Bertz CT molecular complexity index is 465. The zero-order chi connectivity index (χ0) is 12.4. The van der Waals surface area contributed by atoms with Gasteiger partial charge in [-0.15, -0.1) is 0 Å². The van der Waals surface area contributed by atoms with Gasteiger partial charge in [0.05, 0.1) is 12.2 Å². The van der Waals surface area contributed by atoms with Gasteiger partial charge in [0, 0.05) is 12.6 Å². The Hall–Kier alpha value is -2.37. The molecule has 0 atom stereocenters. The van der Waals surface area contributed by atoms with E-state index < -0.39 is 6.03 Å². The molecular weight excluding hydrogens is 222 g/mol. The average Bonchev–Trinajstić information content (AvgIpc) is 2.59. The van der Waals surface area contributed by atoms with E-state index in [0.717, 1.165) is 4.90 Å². The first-order valence-electron chi connectivity index (χ1n) is 5.06. The predicted molar refractivity (Wildman–Crippen MR) is 61.6 cm³/mol. The third-order valence-corrected chi connectivity index (χ3v) is 2.29. The quantitative estimate of drug-likeness (QED) is 0.738. The van der Waals surface area contributed by atoms with Crippen LogP contribution in [0.4, 0.5) is 16.2 Å². The Morgan fingerprint density at radius 1 is 1.29 bits per heavy atom. The van der Waals surface area contributed by atoms with Crippen molar-refractivity contribution in [2.75, 3.05) is 16.8 Å². The van der Waals surface area contributed by atoms with Gasteiger partial charge >= 0.3 is 6.03 Å². The molecule has 1 aliphatic rings. The second-order valence-corrected chi connectivity index (χ2v) is 3.62. The van der Waals surface area contributed by atoms with Crippen LogP contribution in [-0.2, 0) is 9.59 Å². The zero-order valence-electron chi connectivity index (χ0n) is 9.19. The van der Waals surface area contributed by atoms with E-state index in [4.69, 9.17) is 0 Å². The Balaban J connectivity index is 2.20. The monoisotopic (exact) mass is 233 g/mol. The summed E-state index contributed by atoms with van der Waals surface area (Å²) in [5.41, 5.74) is 1.10. The van der Waals surface area contributed by atoms with Crippen molar-refractivity contribution < 1.29 is 14.4 Å². The Kier molecular flexibility index (Phi) is 2.78. The molecule has 0 unspecified atom stereocenters. The minimum absolute atomic E-state index is 0.0201. The third-order valence-electron chi connectivity index (χ3n) is 2.29. The van der Waals surface area contributed by atoms with Crippen LogP contribution in [0.1, 0.15) is 6.92 Å². The molecule has 2 N–H and O–H groups in total. The Morgan fingerprint density at radius 3 is 2.41 bits per heavy atom. The smallest absolute Gasteiger partial charge is 0.328 e. The number of nitrogens with zero attached hydrogens (tertiary/aromatic N) is 1. The first-order valence-corrected chi connectivity index (χ1v) is 5.06. The minimum Gasteiger partial charge on any atom is -0.328 e. The summed E-state index contributed by atoms with van der Waals surface area (Å²) >= 11 is 0. The van der Waals surface area contributed by atoms with Crippen LogP contribution in [0.3, 0.4) is 0 Å². The predicted octanol–water partition coefficient (Wildman–Crippen LogP) is 0.701. The average molecular weight is 233 g/mol. The lowest BCUT2D eigenvalue weighted by Crippen LogP contribution is -2.30. The van der Waals surface area contributed by atoms with Crippen molar-refractivity contribution in [3.8, 4) is 0 Å². The maximum Gasteiger partial charge on any atom is 0.329 e. The van der Waals surface area contributed by atoms with Crippen LogP contribution in [0.2, 0.25) is 0 Å². The van der Waals surface area contributed by atoms with Crippen LogP contribution < -0.4 is 15.5 Å². The number of nitrogens with one attached hydrogen (secondary N) is 2. The molecule has 0 saturated carbocycles. The Morgan fingerprint density at radius 2 is 1.94 bits per heavy atom. The van der Waals surface area contributed by atoms with Gasteiger partial charge in [-0.2, -0.15) is 0 Å². The first kappa shape index (κ1) is 11.1. The van der Waals surface area contributed by atoms with E-state index in [1.165, 1.54) is 6.92 Å². The van der Waals surface area contributed by atoms with Gasteiger partial charge < -0.3 is 10.6 Å². The summed E-state index contributed by atoms with van der Waals surface area (Å²) in [6, 6.07) is 6.05. The maximum absolute atomic E-state index is 11.4. The van der Waals surface area contributed by atoms with Gasteiger partial charge in [0.25, 0.3) is 5.91 Å². The van der Waals surface area contributed by atoms with Gasteiger partial charge in [-0.1, -0.05) is 0 Å². The zero-order valence-corrected chi connectivity index (χ0v) is 9.19. The topological polar surface area (TPSA) is 78.5 Å². The number of carbonyl (C=O) groups is 3. The molecular formula is C11H11N3O3. The summed E-state index contributed by atoms with van der Waals surface area (Å²) in [5, 5.41) is 5.03. The van der Waals surface area contributed by atoms with Gasteiger partial charge in [0.2, 0.25) is 5.91 Å². The van der Waals surface area contributed by atoms with Crippen molar-refractivity contribution in [1.29, 1.82) is 0 Å². The number of imide groups is 1. The van der Waals surface area contributed by atoms with Crippen LogP contribution >= 0.6 is 0 Å². The molecule has 1 heterocycles. The normalized spacial score (nSPS) is 14.8. The fourth-order valence-electron chi connectivity index (χ4n) is 1.58. The van der Waals surface area contributed by atoms with Crippen LogP contribution in [0, 0.1) is 0 Å². The lowest BCUT2D eigenvalue weighted by atomic mass is 10.2. The van der Waals surface area contributed by atoms with Crippen molar-refractivity contribution in [1.82, 2.24) is 5.32 Å². The van der Waals surface area contributed by atoms with E-state index in [0.29, 0.717) is 11.4 Å². The molecule has 0 aromatic heterocycles. The fraction of sp³-hybridized carbons (Fsp3) is 0.182. The number of amides is 4. The lowest BCUT2D eigenvalue weighted by Gasteiger charge is -2.12. The molecule has 0 aliphatic carbocycles. The number of carbonyl (C=O) groups excluding carboxylic acids is 3. The van der Waals surface area contributed by atoms with Crippen LogP contribution in [0.25, 0.3) is 0 Å². The van der Waals surface area contributed by atoms with Gasteiger partial charge in [-0.05, 0) is 24.3 Å². The van der Waals surface area contributed by atoms with E-state index >= 15 is 0 Å². The van der Waals surface area contributed by atoms with E-state index in [9.17, 15) is 14.4 Å². The SMILES string of the molecule is CC(=O)Nc1ccc(N2C(=O)CNC2=O)cc1. The summed E-state index contributed by atoms with van der Waals surface area (Å²) in [6.45, 7) is 1.43. The molecule has 1 aliphatic heterocycles. The van der Waals surface area contributed by atoms with Crippen LogP contribution in [0.5, 0.6) is 0 Å². The molecule has 2 rings (SSSR count). The number of anilines is 2. The number of urea groups is 1. The minimum atomic E-state index is -0.428. The number of hydrogen-bond donors (Lipinski definition) is 2. The van der Waals surface area contributed by atoms with Crippen molar-refractivity contribution >= 4 is 29.2 Å². The standard InChI is InChI=1S/C11H11N3O3/c1-7(15)13-8-2-4-9(5-3-8)14-10(16)6-12-11(14)17/h2-5H,6H2,1H3,(H,12,17)(H,13,15). The summed E-state index contributed by atoms with van der Waals surface area (Å²) in [7, 11) is 0. The second-order valence-electron chi connectivity index (χ2n) is 3.62. The van der Waals surface area contributed by atoms with Gasteiger partial charge in [0.15, 0.2) is 0 Å². The lowest BCUT2D eigenvalue weighted by molar-refractivity contribution is -0.116. The van der Waals surface area contributed by atoms with Crippen molar-refractivity contribution in [3.05, 3.63) is 24.3 Å².